The van der Waals surface area contributed by atoms with E-state index in [0.29, 0.717) is 0 Å². The van der Waals surface area contributed by atoms with Crippen molar-refractivity contribution in [1.82, 2.24) is 5.32 Å². The van der Waals surface area contributed by atoms with Gasteiger partial charge in [-0.1, -0.05) is 17.7 Å². The van der Waals surface area contributed by atoms with Gasteiger partial charge in [0, 0.05) is 36.9 Å². The topological polar surface area (TPSA) is 46.8 Å². The first kappa shape index (κ1) is 11.3. The van der Waals surface area contributed by atoms with Crippen LogP contribution in [0, 0.1) is 0 Å². The highest BCUT2D eigenvalue weighted by Gasteiger charge is 2.09. The van der Waals surface area contributed by atoms with Crippen molar-refractivity contribution in [1.29, 1.82) is 0 Å². The predicted molar refractivity (Wildman–Crippen MR) is 60.1 cm³/mol. The lowest BCUT2D eigenvalue weighted by Crippen LogP contribution is -2.43. The summed E-state index contributed by atoms with van der Waals surface area (Å²) in [6, 6.07) is 8.04. The normalized spacial score (nSPS) is 16.2. The molecule has 0 aliphatic carbocycles. The standard InChI is InChI=1S/C10H13ClN2.H2O/c11-9-2-1-3-10(8-9)13-6-4-12-5-7-13;/h1-3,8,12H,4-7H2;1H2. The van der Waals surface area contributed by atoms with E-state index >= 15 is 0 Å². The third-order valence-electron chi connectivity index (χ3n) is 2.29. The lowest BCUT2D eigenvalue weighted by molar-refractivity contribution is 0.589. The third-order valence-corrected chi connectivity index (χ3v) is 2.53. The van der Waals surface area contributed by atoms with Crippen LogP contribution in [-0.2, 0) is 0 Å². The molecule has 78 valence electrons. The summed E-state index contributed by atoms with van der Waals surface area (Å²) in [7, 11) is 0. The first-order chi connectivity index (χ1) is 6.36. The molecule has 0 amide bonds. The molecule has 14 heavy (non-hydrogen) atoms. The SMILES string of the molecule is Clc1cccc(N2CCNCC2)c1.O. The van der Waals surface area contributed by atoms with Gasteiger partial charge in [-0.2, -0.15) is 0 Å². The Balaban J connectivity index is 0.000000980. The summed E-state index contributed by atoms with van der Waals surface area (Å²) in [5.74, 6) is 0. The second kappa shape index (κ2) is 5.20. The zero-order valence-electron chi connectivity index (χ0n) is 7.96. The van der Waals surface area contributed by atoms with Gasteiger partial charge >= 0.3 is 0 Å². The van der Waals surface area contributed by atoms with E-state index in [2.05, 4.69) is 16.3 Å². The van der Waals surface area contributed by atoms with Crippen LogP contribution in [-0.4, -0.2) is 31.7 Å². The molecule has 0 unspecified atom stereocenters. The summed E-state index contributed by atoms with van der Waals surface area (Å²) < 4.78 is 0. The Morgan fingerprint density at radius 1 is 1.21 bits per heavy atom. The van der Waals surface area contributed by atoms with Crippen molar-refractivity contribution in [3.63, 3.8) is 0 Å². The van der Waals surface area contributed by atoms with Gasteiger partial charge in [-0.05, 0) is 18.2 Å². The van der Waals surface area contributed by atoms with Gasteiger partial charge < -0.3 is 15.7 Å². The molecule has 2 rings (SSSR count). The zero-order chi connectivity index (χ0) is 9.10. The molecule has 0 aromatic heterocycles. The lowest BCUT2D eigenvalue weighted by atomic mass is 10.2. The molecule has 1 aliphatic rings. The molecule has 0 atom stereocenters. The first-order valence-electron chi connectivity index (χ1n) is 4.57. The van der Waals surface area contributed by atoms with Gasteiger partial charge in [0.15, 0.2) is 0 Å². The Morgan fingerprint density at radius 2 is 1.93 bits per heavy atom. The van der Waals surface area contributed by atoms with Crippen molar-refractivity contribution in [2.75, 3.05) is 31.1 Å². The van der Waals surface area contributed by atoms with Crippen LogP contribution in [0.1, 0.15) is 0 Å². The quantitative estimate of drug-likeness (QED) is 0.756. The number of halogens is 1. The molecule has 1 aromatic carbocycles. The van der Waals surface area contributed by atoms with E-state index in [-0.39, 0.29) is 5.48 Å². The molecule has 3 N–H and O–H groups in total. The Bertz CT molecular complexity index is 287. The van der Waals surface area contributed by atoms with Gasteiger partial charge in [0.25, 0.3) is 0 Å². The Labute approximate surface area is 89.0 Å². The predicted octanol–water partition coefficient (Wildman–Crippen LogP) is 0.925. The van der Waals surface area contributed by atoms with Gasteiger partial charge in [-0.3, -0.25) is 0 Å². The van der Waals surface area contributed by atoms with Gasteiger partial charge in [0.05, 0.1) is 0 Å². The van der Waals surface area contributed by atoms with E-state index in [0.717, 1.165) is 31.2 Å². The van der Waals surface area contributed by atoms with Crippen molar-refractivity contribution < 1.29 is 5.48 Å². The van der Waals surface area contributed by atoms with Crippen molar-refractivity contribution in [3.8, 4) is 0 Å². The average Bonchev–Trinajstić information content (AvgIpc) is 2.19. The van der Waals surface area contributed by atoms with E-state index in [9.17, 15) is 0 Å². The van der Waals surface area contributed by atoms with Gasteiger partial charge in [0.2, 0.25) is 0 Å². The van der Waals surface area contributed by atoms with E-state index in [1.807, 2.05) is 18.2 Å². The fourth-order valence-corrected chi connectivity index (χ4v) is 1.78. The number of piperazine rings is 1. The van der Waals surface area contributed by atoms with E-state index < -0.39 is 0 Å². The largest absolute Gasteiger partial charge is 0.412 e. The van der Waals surface area contributed by atoms with Crippen molar-refractivity contribution in [2.45, 2.75) is 0 Å². The molecule has 0 radical (unpaired) electrons. The molecular formula is C10H15ClN2O. The number of rotatable bonds is 1. The number of hydrogen-bond donors (Lipinski definition) is 1. The Kier molecular flexibility index (Phi) is 4.20. The van der Waals surface area contributed by atoms with E-state index in [4.69, 9.17) is 11.6 Å². The van der Waals surface area contributed by atoms with Crippen LogP contribution >= 0.6 is 11.6 Å². The van der Waals surface area contributed by atoms with E-state index in [1.54, 1.807) is 0 Å². The lowest BCUT2D eigenvalue weighted by Gasteiger charge is -2.29. The molecule has 0 spiro atoms. The molecule has 0 bridgehead atoms. The van der Waals surface area contributed by atoms with Crippen LogP contribution < -0.4 is 10.2 Å². The molecule has 0 saturated carbocycles. The van der Waals surface area contributed by atoms with Crippen LogP contribution in [0.4, 0.5) is 5.69 Å². The van der Waals surface area contributed by atoms with Gasteiger partial charge in [-0.15, -0.1) is 0 Å². The highest BCUT2D eigenvalue weighted by molar-refractivity contribution is 6.30. The fourth-order valence-electron chi connectivity index (χ4n) is 1.60. The minimum atomic E-state index is 0. The molecule has 3 nitrogen and oxygen atoms in total. The molecule has 4 heteroatoms. The summed E-state index contributed by atoms with van der Waals surface area (Å²) in [6.45, 7) is 4.26. The summed E-state index contributed by atoms with van der Waals surface area (Å²) in [5, 5.41) is 4.14. The van der Waals surface area contributed by atoms with Crippen LogP contribution in [0.2, 0.25) is 5.02 Å². The fraction of sp³-hybridized carbons (Fsp3) is 0.400. The minimum absolute atomic E-state index is 0. The van der Waals surface area contributed by atoms with Crippen LogP contribution in [0.3, 0.4) is 0 Å². The Morgan fingerprint density at radius 3 is 2.57 bits per heavy atom. The van der Waals surface area contributed by atoms with Crippen molar-refractivity contribution >= 4 is 17.3 Å². The number of nitrogens with one attached hydrogen (secondary N) is 1. The smallest absolute Gasteiger partial charge is 0.0426 e. The van der Waals surface area contributed by atoms with Crippen molar-refractivity contribution in [3.05, 3.63) is 29.3 Å². The molecule has 1 heterocycles. The highest BCUT2D eigenvalue weighted by atomic mass is 35.5. The number of hydrogen-bond acceptors (Lipinski definition) is 2. The summed E-state index contributed by atoms with van der Waals surface area (Å²) in [6.07, 6.45) is 0. The molecule has 1 aliphatic heterocycles. The molecule has 1 saturated heterocycles. The van der Waals surface area contributed by atoms with Crippen LogP contribution in [0.5, 0.6) is 0 Å². The summed E-state index contributed by atoms with van der Waals surface area (Å²) >= 11 is 5.92. The molecule has 1 fully saturated rings. The van der Waals surface area contributed by atoms with Gasteiger partial charge in [0.1, 0.15) is 0 Å². The minimum Gasteiger partial charge on any atom is -0.412 e. The number of benzene rings is 1. The molecular weight excluding hydrogens is 200 g/mol. The zero-order valence-corrected chi connectivity index (χ0v) is 8.72. The van der Waals surface area contributed by atoms with Gasteiger partial charge in [-0.25, -0.2) is 0 Å². The summed E-state index contributed by atoms with van der Waals surface area (Å²) in [4.78, 5) is 2.35. The Hall–Kier alpha value is -0.770. The number of anilines is 1. The van der Waals surface area contributed by atoms with Crippen LogP contribution in [0.15, 0.2) is 24.3 Å². The van der Waals surface area contributed by atoms with E-state index in [1.165, 1.54) is 5.69 Å². The van der Waals surface area contributed by atoms with Crippen molar-refractivity contribution in [2.24, 2.45) is 0 Å². The average molecular weight is 215 g/mol. The summed E-state index contributed by atoms with van der Waals surface area (Å²) in [5.41, 5.74) is 1.23. The maximum atomic E-state index is 5.92. The maximum Gasteiger partial charge on any atom is 0.0426 e. The highest BCUT2D eigenvalue weighted by Crippen LogP contribution is 2.19. The number of nitrogens with zero attached hydrogens (tertiary/aromatic N) is 1. The maximum absolute atomic E-state index is 5.92. The second-order valence-electron chi connectivity index (χ2n) is 3.22. The third kappa shape index (κ3) is 2.61. The second-order valence-corrected chi connectivity index (χ2v) is 3.65. The first-order valence-corrected chi connectivity index (χ1v) is 4.95. The monoisotopic (exact) mass is 214 g/mol. The van der Waals surface area contributed by atoms with Crippen LogP contribution in [0.25, 0.3) is 0 Å². The molecule has 1 aromatic rings.